The maximum atomic E-state index is 13.2. The van der Waals surface area contributed by atoms with Crippen LogP contribution in [0.2, 0.25) is 5.02 Å². The molecular formula is C22H28ClN3O6S2. The third-order valence-corrected chi connectivity index (χ3v) is 9.14. The van der Waals surface area contributed by atoms with Gasteiger partial charge in [-0.05, 0) is 50.1 Å². The number of halogens is 1. The fourth-order valence-corrected chi connectivity index (χ4v) is 6.66. The van der Waals surface area contributed by atoms with Gasteiger partial charge in [0.15, 0.2) is 0 Å². The summed E-state index contributed by atoms with van der Waals surface area (Å²) >= 11 is 6.00. The topological polar surface area (TPSA) is 122 Å². The molecule has 0 spiro atoms. The number of benzene rings is 2. The van der Waals surface area contributed by atoms with E-state index >= 15 is 0 Å². The number of methoxy groups -OCH3 is 1. The lowest BCUT2D eigenvalue weighted by molar-refractivity contribution is -0.126. The van der Waals surface area contributed by atoms with Crippen LogP contribution in [0.3, 0.4) is 0 Å². The predicted octanol–water partition coefficient (Wildman–Crippen LogP) is 2.15. The second-order valence-electron chi connectivity index (χ2n) is 8.00. The minimum Gasteiger partial charge on any atom is -0.495 e. The highest BCUT2D eigenvalue weighted by molar-refractivity contribution is 7.89. The Labute approximate surface area is 205 Å². The molecule has 1 saturated heterocycles. The van der Waals surface area contributed by atoms with E-state index in [2.05, 4.69) is 10.0 Å². The van der Waals surface area contributed by atoms with Gasteiger partial charge in [-0.3, -0.25) is 4.79 Å². The van der Waals surface area contributed by atoms with E-state index in [4.69, 9.17) is 16.3 Å². The van der Waals surface area contributed by atoms with Gasteiger partial charge in [0.1, 0.15) is 10.6 Å². The van der Waals surface area contributed by atoms with Crippen molar-refractivity contribution in [3.8, 4) is 5.75 Å². The fourth-order valence-electron chi connectivity index (χ4n) is 3.68. The first-order valence-corrected chi connectivity index (χ1v) is 14.0. The van der Waals surface area contributed by atoms with Gasteiger partial charge < -0.3 is 10.1 Å². The Bertz CT molecular complexity index is 1230. The van der Waals surface area contributed by atoms with Crippen LogP contribution in [0.5, 0.6) is 5.75 Å². The Kier molecular flexibility index (Phi) is 8.58. The molecule has 1 amide bonds. The Morgan fingerprint density at radius 3 is 2.50 bits per heavy atom. The summed E-state index contributed by atoms with van der Waals surface area (Å²) in [5, 5.41) is 2.96. The molecule has 1 atom stereocenters. The van der Waals surface area contributed by atoms with E-state index in [1.165, 1.54) is 35.7 Å². The quantitative estimate of drug-likeness (QED) is 0.480. The summed E-state index contributed by atoms with van der Waals surface area (Å²) < 4.78 is 60.0. The number of ether oxygens (including phenoxy) is 1. The van der Waals surface area contributed by atoms with Crippen LogP contribution in [0.15, 0.2) is 52.3 Å². The van der Waals surface area contributed by atoms with Crippen LogP contribution in [-0.4, -0.2) is 60.3 Å². The van der Waals surface area contributed by atoms with Crippen molar-refractivity contribution in [1.82, 2.24) is 14.3 Å². The summed E-state index contributed by atoms with van der Waals surface area (Å²) in [6.45, 7) is 2.24. The van der Waals surface area contributed by atoms with Gasteiger partial charge in [0.05, 0.1) is 17.9 Å². The Morgan fingerprint density at radius 2 is 1.82 bits per heavy atom. The standard InChI is InChI=1S/C22H28ClN3O6S2/c1-16-5-8-19(9-6-16)33(28,29)25-12-11-24-22(27)17-4-3-13-26(15-17)34(30,31)21-14-18(23)7-10-20(21)32-2/h5-10,14,17,25H,3-4,11-13,15H2,1-2H3,(H,24,27). The van der Waals surface area contributed by atoms with Gasteiger partial charge in [-0.25, -0.2) is 21.6 Å². The van der Waals surface area contributed by atoms with Gasteiger partial charge in [0, 0.05) is 31.2 Å². The molecule has 1 aliphatic rings. The number of nitrogens with one attached hydrogen (secondary N) is 2. The first kappa shape index (κ1) is 26.4. The largest absolute Gasteiger partial charge is 0.495 e. The molecule has 0 saturated carbocycles. The van der Waals surface area contributed by atoms with Crippen molar-refractivity contribution in [2.24, 2.45) is 5.92 Å². The number of hydrogen-bond donors (Lipinski definition) is 2. The smallest absolute Gasteiger partial charge is 0.246 e. The normalized spacial score (nSPS) is 17.3. The molecule has 0 radical (unpaired) electrons. The van der Waals surface area contributed by atoms with Crippen molar-refractivity contribution in [2.75, 3.05) is 33.3 Å². The zero-order valence-electron chi connectivity index (χ0n) is 19.0. The second-order valence-corrected chi connectivity index (χ2v) is 12.1. The van der Waals surface area contributed by atoms with Gasteiger partial charge in [0.25, 0.3) is 0 Å². The van der Waals surface area contributed by atoms with Crippen molar-refractivity contribution in [2.45, 2.75) is 29.6 Å². The molecule has 0 aliphatic carbocycles. The molecular weight excluding hydrogens is 502 g/mol. The van der Waals surface area contributed by atoms with E-state index in [-0.39, 0.29) is 52.6 Å². The van der Waals surface area contributed by atoms with E-state index in [1.54, 1.807) is 18.2 Å². The summed E-state index contributed by atoms with van der Waals surface area (Å²) in [5.41, 5.74) is 0.948. The number of carbonyl (C=O) groups is 1. The minimum atomic E-state index is -3.92. The van der Waals surface area contributed by atoms with E-state index in [1.807, 2.05) is 6.92 Å². The van der Waals surface area contributed by atoms with Gasteiger partial charge in [-0.15, -0.1) is 0 Å². The van der Waals surface area contributed by atoms with Crippen LogP contribution in [0, 0.1) is 12.8 Å². The van der Waals surface area contributed by atoms with Crippen molar-refractivity contribution < 1.29 is 26.4 Å². The first-order chi connectivity index (χ1) is 16.0. The molecule has 12 heteroatoms. The summed E-state index contributed by atoms with van der Waals surface area (Å²) in [7, 11) is -6.22. The third kappa shape index (κ3) is 6.28. The Hall–Kier alpha value is -2.18. The van der Waals surface area contributed by atoms with Crippen LogP contribution in [-0.2, 0) is 24.8 Å². The molecule has 1 fully saturated rings. The molecule has 2 aromatic carbocycles. The molecule has 2 aromatic rings. The van der Waals surface area contributed by atoms with Crippen molar-refractivity contribution in [3.05, 3.63) is 53.1 Å². The number of sulfonamides is 2. The highest BCUT2D eigenvalue weighted by Crippen LogP contribution is 2.31. The lowest BCUT2D eigenvalue weighted by Crippen LogP contribution is -2.46. The number of hydrogen-bond acceptors (Lipinski definition) is 6. The lowest BCUT2D eigenvalue weighted by Gasteiger charge is -2.31. The van der Waals surface area contributed by atoms with Gasteiger partial charge >= 0.3 is 0 Å². The van der Waals surface area contributed by atoms with Gasteiger partial charge in [-0.2, -0.15) is 4.31 Å². The van der Waals surface area contributed by atoms with Crippen LogP contribution in [0.1, 0.15) is 18.4 Å². The van der Waals surface area contributed by atoms with E-state index in [0.29, 0.717) is 12.8 Å². The van der Waals surface area contributed by atoms with Crippen molar-refractivity contribution >= 4 is 37.6 Å². The molecule has 1 heterocycles. The number of piperidine rings is 1. The van der Waals surface area contributed by atoms with Crippen LogP contribution >= 0.6 is 11.6 Å². The summed E-state index contributed by atoms with van der Waals surface area (Å²) in [5.74, 6) is -0.702. The summed E-state index contributed by atoms with van der Waals surface area (Å²) in [6, 6.07) is 10.8. The first-order valence-electron chi connectivity index (χ1n) is 10.7. The SMILES string of the molecule is COc1ccc(Cl)cc1S(=O)(=O)N1CCCC(C(=O)NCCNS(=O)(=O)c2ccc(C)cc2)C1. The molecule has 0 bridgehead atoms. The zero-order valence-corrected chi connectivity index (χ0v) is 21.3. The lowest BCUT2D eigenvalue weighted by atomic mass is 9.99. The average Bonchev–Trinajstić information content (AvgIpc) is 2.82. The molecule has 3 rings (SSSR count). The molecule has 1 aliphatic heterocycles. The van der Waals surface area contributed by atoms with E-state index in [0.717, 1.165) is 5.56 Å². The molecule has 34 heavy (non-hydrogen) atoms. The van der Waals surface area contributed by atoms with Crippen LogP contribution < -0.4 is 14.8 Å². The van der Waals surface area contributed by atoms with Crippen molar-refractivity contribution in [3.63, 3.8) is 0 Å². The Balaban J connectivity index is 1.57. The minimum absolute atomic E-state index is 0.0103. The summed E-state index contributed by atoms with van der Waals surface area (Å²) in [6.07, 6.45) is 1.04. The predicted molar refractivity (Wildman–Crippen MR) is 129 cm³/mol. The highest BCUT2D eigenvalue weighted by Gasteiger charge is 2.35. The highest BCUT2D eigenvalue weighted by atomic mass is 35.5. The second kappa shape index (κ2) is 11.0. The monoisotopic (exact) mass is 529 g/mol. The number of rotatable bonds is 9. The van der Waals surface area contributed by atoms with Crippen molar-refractivity contribution in [1.29, 1.82) is 0 Å². The number of nitrogens with zero attached hydrogens (tertiary/aromatic N) is 1. The maximum Gasteiger partial charge on any atom is 0.246 e. The number of carbonyl (C=O) groups excluding carboxylic acids is 1. The maximum absolute atomic E-state index is 13.2. The molecule has 9 nitrogen and oxygen atoms in total. The molecule has 1 unspecified atom stereocenters. The molecule has 186 valence electrons. The Morgan fingerprint density at radius 1 is 1.12 bits per heavy atom. The molecule has 0 aromatic heterocycles. The fraction of sp³-hybridized carbons (Fsp3) is 0.409. The molecule has 2 N–H and O–H groups in total. The van der Waals surface area contributed by atoms with Gasteiger partial charge in [-0.1, -0.05) is 29.3 Å². The van der Waals surface area contributed by atoms with Crippen LogP contribution in [0.4, 0.5) is 0 Å². The number of aryl methyl sites for hydroxylation is 1. The van der Waals surface area contributed by atoms with Crippen LogP contribution in [0.25, 0.3) is 0 Å². The summed E-state index contributed by atoms with van der Waals surface area (Å²) in [4.78, 5) is 12.8. The van der Waals surface area contributed by atoms with E-state index in [9.17, 15) is 21.6 Å². The average molecular weight is 530 g/mol. The zero-order chi connectivity index (χ0) is 24.9. The van der Waals surface area contributed by atoms with E-state index < -0.39 is 26.0 Å². The number of amides is 1. The van der Waals surface area contributed by atoms with Gasteiger partial charge in [0.2, 0.25) is 26.0 Å². The third-order valence-electron chi connectivity index (χ3n) is 5.55.